The number of nitrogens with zero attached hydrogens (tertiary/aromatic N) is 2. The van der Waals surface area contributed by atoms with Crippen LogP contribution in [-0.4, -0.2) is 18.8 Å². The largest absolute Gasteiger partial charge is 0.369 e. The number of hydrogen-bond acceptors (Lipinski definition) is 2. The number of fused-ring (bicyclic) bond motifs is 1. The molecule has 3 rings (SSSR count). The predicted molar refractivity (Wildman–Crippen MR) is 108 cm³/mol. The van der Waals surface area contributed by atoms with Crippen molar-refractivity contribution >= 4 is 33.5 Å². The Morgan fingerprint density at radius 3 is 2.71 bits per heavy atom. The first-order chi connectivity index (χ1) is 11.3. The zero-order valence-corrected chi connectivity index (χ0v) is 16.7. The van der Waals surface area contributed by atoms with E-state index in [0.29, 0.717) is 5.92 Å². The highest BCUT2D eigenvalue weighted by atomic mass is 79.9. The van der Waals surface area contributed by atoms with Gasteiger partial charge in [0.1, 0.15) is 0 Å². The van der Waals surface area contributed by atoms with E-state index in [9.17, 15) is 0 Å². The molecule has 0 amide bonds. The Morgan fingerprint density at radius 2 is 2.00 bits per heavy atom. The summed E-state index contributed by atoms with van der Waals surface area (Å²) in [4.78, 5) is 7.07. The van der Waals surface area contributed by atoms with Crippen molar-refractivity contribution in [3.8, 4) is 0 Å². The predicted octanol–water partition coefficient (Wildman–Crippen LogP) is 6.23. The van der Waals surface area contributed by atoms with Gasteiger partial charge in [0.15, 0.2) is 0 Å². The minimum absolute atomic E-state index is 0.199. The lowest BCUT2D eigenvalue weighted by Gasteiger charge is -2.45. The smallest absolute Gasteiger partial charge is 0.0641 e. The van der Waals surface area contributed by atoms with Gasteiger partial charge in [-0.1, -0.05) is 28.9 Å². The van der Waals surface area contributed by atoms with Gasteiger partial charge in [-0.3, -0.25) is 4.99 Å². The van der Waals surface area contributed by atoms with Crippen LogP contribution in [0.3, 0.4) is 0 Å². The van der Waals surface area contributed by atoms with Gasteiger partial charge in [0, 0.05) is 29.0 Å². The molecule has 1 aliphatic heterocycles. The highest BCUT2D eigenvalue weighted by Crippen LogP contribution is 2.43. The normalized spacial score (nSPS) is 19.6. The highest BCUT2D eigenvalue weighted by Gasteiger charge is 2.34. The molecular weight excluding hydrogens is 360 g/mol. The van der Waals surface area contributed by atoms with Crippen LogP contribution in [0.5, 0.6) is 0 Å². The molecule has 1 aliphatic rings. The first-order valence-corrected chi connectivity index (χ1v) is 9.25. The molecule has 24 heavy (non-hydrogen) atoms. The van der Waals surface area contributed by atoms with Crippen molar-refractivity contribution in [2.45, 2.75) is 45.6 Å². The number of aliphatic imine (C=N–C) groups is 1. The van der Waals surface area contributed by atoms with Crippen LogP contribution in [0.15, 0.2) is 45.9 Å². The first kappa shape index (κ1) is 17.2. The average molecular weight is 385 g/mol. The monoisotopic (exact) mass is 384 g/mol. The van der Waals surface area contributed by atoms with E-state index in [1.807, 2.05) is 30.5 Å². The molecule has 2 aromatic rings. The van der Waals surface area contributed by atoms with Crippen LogP contribution in [0.1, 0.15) is 49.8 Å². The van der Waals surface area contributed by atoms with Crippen molar-refractivity contribution in [3.63, 3.8) is 0 Å². The van der Waals surface area contributed by atoms with E-state index in [1.54, 1.807) is 0 Å². The van der Waals surface area contributed by atoms with E-state index < -0.39 is 0 Å². The van der Waals surface area contributed by atoms with Crippen LogP contribution < -0.4 is 4.90 Å². The molecule has 2 nitrogen and oxygen atoms in total. The van der Waals surface area contributed by atoms with Crippen LogP contribution in [0.2, 0.25) is 0 Å². The van der Waals surface area contributed by atoms with Gasteiger partial charge in [0.25, 0.3) is 0 Å². The van der Waals surface area contributed by atoms with Crippen LogP contribution in [0.25, 0.3) is 0 Å². The summed E-state index contributed by atoms with van der Waals surface area (Å²) in [6.45, 7) is 9.15. The molecule has 0 radical (unpaired) electrons. The van der Waals surface area contributed by atoms with E-state index in [-0.39, 0.29) is 5.54 Å². The molecule has 126 valence electrons. The Labute approximate surface area is 153 Å². The van der Waals surface area contributed by atoms with Gasteiger partial charge in [0.05, 0.1) is 5.69 Å². The van der Waals surface area contributed by atoms with Crippen LogP contribution >= 0.6 is 15.9 Å². The Kier molecular flexibility index (Phi) is 4.56. The lowest BCUT2D eigenvalue weighted by molar-refractivity contribution is 0.395. The molecule has 1 unspecified atom stereocenters. The van der Waals surface area contributed by atoms with Crippen molar-refractivity contribution in [3.05, 3.63) is 57.6 Å². The summed E-state index contributed by atoms with van der Waals surface area (Å²) in [7, 11) is 2.21. The second kappa shape index (κ2) is 6.36. The van der Waals surface area contributed by atoms with Crippen molar-refractivity contribution in [1.82, 2.24) is 0 Å². The Hall–Kier alpha value is -1.61. The number of hydrogen-bond donors (Lipinski definition) is 0. The molecule has 0 saturated carbocycles. The molecule has 0 aromatic heterocycles. The number of aryl methyl sites for hydroxylation is 1. The summed E-state index contributed by atoms with van der Waals surface area (Å²) in [5.74, 6) is 0.560. The fourth-order valence-electron chi connectivity index (χ4n) is 3.57. The molecule has 0 spiro atoms. The van der Waals surface area contributed by atoms with Crippen LogP contribution in [0, 0.1) is 6.92 Å². The summed E-state index contributed by atoms with van der Waals surface area (Å²) in [5.41, 5.74) is 6.42. The lowest BCUT2D eigenvalue weighted by Crippen LogP contribution is -2.45. The maximum absolute atomic E-state index is 4.65. The number of benzene rings is 2. The SMILES string of the molecule is Cc1cc2c(cc1C=Nc1cccc(Br)c1)C(C)CC(C)(C)N2C. The molecule has 2 aromatic carbocycles. The van der Waals surface area contributed by atoms with Gasteiger partial charge < -0.3 is 4.90 Å². The molecular formula is C21H25BrN2. The maximum atomic E-state index is 4.65. The quantitative estimate of drug-likeness (QED) is 0.560. The Bertz CT molecular complexity index is 792. The third kappa shape index (κ3) is 3.27. The van der Waals surface area contributed by atoms with Gasteiger partial charge in [0.2, 0.25) is 0 Å². The third-order valence-corrected chi connectivity index (χ3v) is 5.68. The second-order valence-corrected chi connectivity index (χ2v) is 8.40. The summed E-state index contributed by atoms with van der Waals surface area (Å²) >= 11 is 3.50. The molecule has 0 aliphatic carbocycles. The van der Waals surface area contributed by atoms with E-state index in [0.717, 1.165) is 10.2 Å². The van der Waals surface area contributed by atoms with Crippen molar-refractivity contribution in [1.29, 1.82) is 0 Å². The molecule has 0 bridgehead atoms. The minimum Gasteiger partial charge on any atom is -0.369 e. The number of halogens is 1. The summed E-state index contributed by atoms with van der Waals surface area (Å²) < 4.78 is 1.05. The fourth-order valence-corrected chi connectivity index (χ4v) is 3.96. The van der Waals surface area contributed by atoms with Crippen LogP contribution in [-0.2, 0) is 0 Å². The van der Waals surface area contributed by atoms with Gasteiger partial charge in [-0.15, -0.1) is 0 Å². The molecule has 3 heteroatoms. The number of anilines is 1. The van der Waals surface area contributed by atoms with E-state index in [2.05, 4.69) is 72.7 Å². The van der Waals surface area contributed by atoms with Gasteiger partial charge in [-0.2, -0.15) is 0 Å². The highest BCUT2D eigenvalue weighted by molar-refractivity contribution is 9.10. The summed E-state index contributed by atoms with van der Waals surface area (Å²) in [6.07, 6.45) is 3.16. The van der Waals surface area contributed by atoms with Gasteiger partial charge in [-0.05, 0) is 80.1 Å². The summed E-state index contributed by atoms with van der Waals surface area (Å²) in [5, 5.41) is 0. The molecule has 1 heterocycles. The minimum atomic E-state index is 0.199. The fraction of sp³-hybridized carbons (Fsp3) is 0.381. The summed E-state index contributed by atoms with van der Waals surface area (Å²) in [6, 6.07) is 12.7. The molecule has 0 fully saturated rings. The topological polar surface area (TPSA) is 15.6 Å². The zero-order valence-electron chi connectivity index (χ0n) is 15.1. The average Bonchev–Trinajstić information content (AvgIpc) is 2.51. The third-order valence-electron chi connectivity index (χ3n) is 5.18. The van der Waals surface area contributed by atoms with Gasteiger partial charge in [-0.25, -0.2) is 0 Å². The second-order valence-electron chi connectivity index (χ2n) is 7.48. The van der Waals surface area contributed by atoms with Crippen molar-refractivity contribution in [2.24, 2.45) is 4.99 Å². The van der Waals surface area contributed by atoms with Gasteiger partial charge >= 0.3 is 0 Å². The molecule has 0 saturated heterocycles. The number of rotatable bonds is 2. The van der Waals surface area contributed by atoms with Crippen molar-refractivity contribution in [2.75, 3.05) is 11.9 Å². The van der Waals surface area contributed by atoms with Crippen molar-refractivity contribution < 1.29 is 0 Å². The van der Waals surface area contributed by atoms with E-state index in [1.165, 1.54) is 28.8 Å². The first-order valence-electron chi connectivity index (χ1n) is 8.46. The zero-order chi connectivity index (χ0) is 17.5. The van der Waals surface area contributed by atoms with E-state index >= 15 is 0 Å². The Morgan fingerprint density at radius 1 is 1.25 bits per heavy atom. The maximum Gasteiger partial charge on any atom is 0.0641 e. The van der Waals surface area contributed by atoms with Crippen LogP contribution in [0.4, 0.5) is 11.4 Å². The molecule has 1 atom stereocenters. The lowest BCUT2D eigenvalue weighted by atomic mass is 9.79. The van der Waals surface area contributed by atoms with E-state index in [4.69, 9.17) is 0 Å². The Balaban J connectivity index is 1.99. The molecule has 0 N–H and O–H groups in total. The standard InChI is InChI=1S/C21H25BrN2/c1-14-9-20-19(15(2)12-21(3,4)24(20)5)10-16(14)13-23-18-8-6-7-17(22)11-18/h6-11,13,15H,12H2,1-5H3.